The summed E-state index contributed by atoms with van der Waals surface area (Å²) in [6.07, 6.45) is 0. The van der Waals surface area contributed by atoms with Crippen molar-refractivity contribution in [2.24, 2.45) is 11.5 Å². The van der Waals surface area contributed by atoms with Crippen LogP contribution in [0.25, 0.3) is 0 Å². The van der Waals surface area contributed by atoms with Crippen molar-refractivity contribution in [1.29, 1.82) is 0 Å². The molecule has 0 aromatic heterocycles. The Balaban J connectivity index is 3.09. The van der Waals surface area contributed by atoms with Gasteiger partial charge in [0, 0.05) is 17.2 Å². The molecule has 1 aromatic carbocycles. The average Bonchev–Trinajstić information content (AvgIpc) is 2.05. The Morgan fingerprint density at radius 2 is 2.17 bits per heavy atom. The van der Waals surface area contributed by atoms with Gasteiger partial charge in [0.25, 0.3) is 0 Å². The van der Waals surface area contributed by atoms with Crippen molar-refractivity contribution >= 4 is 5.91 Å². The van der Waals surface area contributed by atoms with Gasteiger partial charge in [-0.1, -0.05) is 6.07 Å². The molecule has 3 heteroatoms. The maximum absolute atomic E-state index is 10.7. The van der Waals surface area contributed by atoms with Crippen molar-refractivity contribution in [2.45, 2.75) is 0 Å². The van der Waals surface area contributed by atoms with Crippen LogP contribution >= 0.6 is 0 Å². The number of primary amides is 1. The predicted octanol–water partition coefficient (Wildman–Crippen LogP) is 0.0532. The predicted molar refractivity (Wildman–Crippen MR) is 46.0 cm³/mol. The molecule has 0 spiro atoms. The standard InChI is InChI=1S/C9H8N2O/c10-5-4-7-2-1-3-8(6-7)9(11)12/h1-3,6H,10H2,(H2,11,12). The number of carbonyl (C=O) groups excluding carboxylic acids is 1. The normalized spacial score (nSPS) is 8.33. The molecule has 0 aliphatic rings. The first-order chi connectivity index (χ1) is 5.74. The molecular formula is C9H8N2O. The highest BCUT2D eigenvalue weighted by atomic mass is 16.1. The van der Waals surface area contributed by atoms with E-state index in [1.54, 1.807) is 24.3 Å². The zero-order valence-electron chi connectivity index (χ0n) is 6.37. The Kier molecular flexibility index (Phi) is 2.34. The molecule has 3 nitrogen and oxygen atoms in total. The van der Waals surface area contributed by atoms with Gasteiger partial charge in [-0.05, 0) is 24.1 Å². The van der Waals surface area contributed by atoms with Crippen LogP contribution in [0.1, 0.15) is 15.9 Å². The van der Waals surface area contributed by atoms with Crippen LogP contribution in [0, 0.1) is 12.0 Å². The Morgan fingerprint density at radius 3 is 2.75 bits per heavy atom. The fourth-order valence-electron chi connectivity index (χ4n) is 0.834. The molecule has 0 radical (unpaired) electrons. The SMILES string of the molecule is NC#Cc1cccc(C(N)=O)c1. The van der Waals surface area contributed by atoms with Crippen LogP contribution in [0.3, 0.4) is 0 Å². The van der Waals surface area contributed by atoms with Crippen LogP contribution in [0.5, 0.6) is 0 Å². The highest BCUT2D eigenvalue weighted by Crippen LogP contribution is 2.02. The molecule has 0 fully saturated rings. The summed E-state index contributed by atoms with van der Waals surface area (Å²) in [5, 5.41) is 0. The van der Waals surface area contributed by atoms with E-state index in [9.17, 15) is 4.79 Å². The van der Waals surface area contributed by atoms with Crippen LogP contribution in [0.4, 0.5) is 0 Å². The van der Waals surface area contributed by atoms with Crippen molar-refractivity contribution in [3.05, 3.63) is 35.4 Å². The molecule has 0 aliphatic carbocycles. The lowest BCUT2D eigenvalue weighted by Crippen LogP contribution is -2.10. The lowest BCUT2D eigenvalue weighted by molar-refractivity contribution is 0.100. The van der Waals surface area contributed by atoms with E-state index in [0.29, 0.717) is 11.1 Å². The summed E-state index contributed by atoms with van der Waals surface area (Å²) in [6.45, 7) is 0. The van der Waals surface area contributed by atoms with Gasteiger partial charge >= 0.3 is 0 Å². The molecule has 0 heterocycles. The third kappa shape index (κ3) is 1.77. The molecule has 1 rings (SSSR count). The van der Waals surface area contributed by atoms with Gasteiger partial charge in [-0.3, -0.25) is 4.79 Å². The summed E-state index contributed by atoms with van der Waals surface area (Å²) in [4.78, 5) is 10.7. The highest BCUT2D eigenvalue weighted by Gasteiger charge is 1.98. The quantitative estimate of drug-likeness (QED) is 0.450. The minimum atomic E-state index is -0.462. The number of amides is 1. The number of carbonyl (C=O) groups is 1. The van der Waals surface area contributed by atoms with Crippen LogP contribution in [-0.2, 0) is 0 Å². The Hall–Kier alpha value is -1.95. The summed E-state index contributed by atoms with van der Waals surface area (Å²) in [7, 11) is 0. The fraction of sp³-hybridized carbons (Fsp3) is 0. The molecule has 0 aliphatic heterocycles. The average molecular weight is 160 g/mol. The Morgan fingerprint density at radius 1 is 1.42 bits per heavy atom. The van der Waals surface area contributed by atoms with Crippen LogP contribution < -0.4 is 11.5 Å². The lowest BCUT2D eigenvalue weighted by atomic mass is 10.1. The minimum absolute atomic E-state index is 0.440. The van der Waals surface area contributed by atoms with E-state index in [1.807, 2.05) is 0 Å². The van der Waals surface area contributed by atoms with Crippen LogP contribution in [-0.4, -0.2) is 5.91 Å². The molecule has 0 unspecified atom stereocenters. The largest absolute Gasteiger partial charge is 0.366 e. The van der Waals surface area contributed by atoms with Gasteiger partial charge in [0.2, 0.25) is 5.91 Å². The molecule has 0 atom stereocenters. The van der Waals surface area contributed by atoms with E-state index >= 15 is 0 Å². The third-order valence-corrected chi connectivity index (χ3v) is 1.36. The number of hydrogen-bond acceptors (Lipinski definition) is 2. The van der Waals surface area contributed by atoms with Gasteiger partial charge in [-0.25, -0.2) is 0 Å². The minimum Gasteiger partial charge on any atom is -0.366 e. The molecule has 0 bridgehead atoms. The fourth-order valence-corrected chi connectivity index (χ4v) is 0.834. The molecule has 1 aromatic rings. The molecule has 0 saturated heterocycles. The molecule has 60 valence electrons. The maximum Gasteiger partial charge on any atom is 0.248 e. The molecule has 12 heavy (non-hydrogen) atoms. The van der Waals surface area contributed by atoms with Gasteiger partial charge in [-0.15, -0.1) is 0 Å². The Bertz CT molecular complexity index is 360. The van der Waals surface area contributed by atoms with Gasteiger partial charge < -0.3 is 11.5 Å². The van der Waals surface area contributed by atoms with Gasteiger partial charge in [0.05, 0.1) is 0 Å². The smallest absolute Gasteiger partial charge is 0.248 e. The van der Waals surface area contributed by atoms with Crippen molar-refractivity contribution in [1.82, 2.24) is 0 Å². The van der Waals surface area contributed by atoms with E-state index in [4.69, 9.17) is 11.5 Å². The first-order valence-electron chi connectivity index (χ1n) is 3.35. The van der Waals surface area contributed by atoms with Gasteiger partial charge in [0.15, 0.2) is 0 Å². The van der Waals surface area contributed by atoms with Crippen LogP contribution in [0.15, 0.2) is 24.3 Å². The number of benzene rings is 1. The zero-order chi connectivity index (χ0) is 8.97. The summed E-state index contributed by atoms with van der Waals surface area (Å²) in [5.41, 5.74) is 11.2. The van der Waals surface area contributed by atoms with Gasteiger partial charge in [-0.2, -0.15) is 0 Å². The van der Waals surface area contributed by atoms with E-state index in [1.165, 1.54) is 0 Å². The molecule has 4 N–H and O–H groups in total. The number of nitrogens with two attached hydrogens (primary N) is 2. The van der Waals surface area contributed by atoms with E-state index < -0.39 is 5.91 Å². The summed E-state index contributed by atoms with van der Waals surface area (Å²) < 4.78 is 0. The Labute approximate surface area is 70.4 Å². The first kappa shape index (κ1) is 8.15. The van der Waals surface area contributed by atoms with E-state index in [2.05, 4.69) is 12.0 Å². The monoisotopic (exact) mass is 160 g/mol. The van der Waals surface area contributed by atoms with Crippen molar-refractivity contribution in [3.8, 4) is 12.0 Å². The van der Waals surface area contributed by atoms with Gasteiger partial charge in [0.1, 0.15) is 0 Å². The number of rotatable bonds is 1. The third-order valence-electron chi connectivity index (χ3n) is 1.36. The maximum atomic E-state index is 10.7. The number of hydrogen-bond donors (Lipinski definition) is 2. The second kappa shape index (κ2) is 3.44. The molecular weight excluding hydrogens is 152 g/mol. The molecule has 0 saturated carbocycles. The second-order valence-electron chi connectivity index (χ2n) is 2.21. The summed E-state index contributed by atoms with van der Waals surface area (Å²) in [5.74, 6) is 2.16. The highest BCUT2D eigenvalue weighted by molar-refractivity contribution is 5.93. The van der Waals surface area contributed by atoms with E-state index in [-0.39, 0.29) is 0 Å². The zero-order valence-corrected chi connectivity index (χ0v) is 6.37. The second-order valence-corrected chi connectivity index (χ2v) is 2.21. The molecule has 1 amide bonds. The topological polar surface area (TPSA) is 69.1 Å². The van der Waals surface area contributed by atoms with E-state index in [0.717, 1.165) is 0 Å². The first-order valence-corrected chi connectivity index (χ1v) is 3.35. The summed E-state index contributed by atoms with van der Waals surface area (Å²) in [6, 6.07) is 8.94. The van der Waals surface area contributed by atoms with Crippen molar-refractivity contribution < 1.29 is 4.79 Å². The van der Waals surface area contributed by atoms with Crippen molar-refractivity contribution in [2.75, 3.05) is 0 Å². The summed E-state index contributed by atoms with van der Waals surface area (Å²) >= 11 is 0. The van der Waals surface area contributed by atoms with Crippen LogP contribution in [0.2, 0.25) is 0 Å². The van der Waals surface area contributed by atoms with Crippen molar-refractivity contribution in [3.63, 3.8) is 0 Å². The lowest BCUT2D eigenvalue weighted by Gasteiger charge is -1.94.